The predicted octanol–water partition coefficient (Wildman–Crippen LogP) is 0.849. The van der Waals surface area contributed by atoms with Gasteiger partial charge in [0.1, 0.15) is 12.3 Å². The number of carbonyl (C=O) groups excluding carboxylic acids is 1. The first-order valence-electron chi connectivity index (χ1n) is 8.92. The molecular formula is C19H23N2O4+. The monoisotopic (exact) mass is 343 g/mol. The van der Waals surface area contributed by atoms with Crippen LogP contribution in [0.25, 0.3) is 11.0 Å². The zero-order valence-electron chi connectivity index (χ0n) is 14.5. The zero-order chi connectivity index (χ0) is 17.4. The van der Waals surface area contributed by atoms with Crippen LogP contribution in [0.3, 0.4) is 0 Å². The van der Waals surface area contributed by atoms with Crippen LogP contribution < -0.4 is 15.3 Å². The van der Waals surface area contributed by atoms with Crippen molar-refractivity contribution in [3.8, 4) is 5.75 Å². The Morgan fingerprint density at radius 3 is 2.96 bits per heavy atom. The highest BCUT2D eigenvalue weighted by atomic mass is 16.5. The molecule has 0 saturated carbocycles. The van der Waals surface area contributed by atoms with Crippen molar-refractivity contribution >= 4 is 16.9 Å². The van der Waals surface area contributed by atoms with Gasteiger partial charge in [0.05, 0.1) is 12.1 Å². The maximum atomic E-state index is 11.8. The molecule has 1 fully saturated rings. The van der Waals surface area contributed by atoms with E-state index in [-0.39, 0.29) is 11.5 Å². The molecule has 6 nitrogen and oxygen atoms in total. The molecule has 3 heterocycles. The minimum atomic E-state index is -0.321. The van der Waals surface area contributed by atoms with E-state index < -0.39 is 0 Å². The van der Waals surface area contributed by atoms with E-state index in [1.165, 1.54) is 11.0 Å². The van der Waals surface area contributed by atoms with Gasteiger partial charge >= 0.3 is 5.63 Å². The van der Waals surface area contributed by atoms with Gasteiger partial charge in [0, 0.05) is 37.4 Å². The fraction of sp³-hybridized carbons (Fsp3) is 0.474. The summed E-state index contributed by atoms with van der Waals surface area (Å²) in [5, 5.41) is 0.964. The molecule has 132 valence electrons. The molecule has 0 aliphatic carbocycles. The van der Waals surface area contributed by atoms with Gasteiger partial charge in [0.15, 0.2) is 5.58 Å². The number of hydrogen-bond donors (Lipinski definition) is 1. The van der Waals surface area contributed by atoms with Crippen molar-refractivity contribution in [1.29, 1.82) is 0 Å². The van der Waals surface area contributed by atoms with Crippen LogP contribution in [-0.4, -0.2) is 37.2 Å². The predicted molar refractivity (Wildman–Crippen MR) is 92.7 cm³/mol. The molecule has 1 aromatic heterocycles. The average Bonchev–Trinajstić information content (AvgIpc) is 3.00. The van der Waals surface area contributed by atoms with E-state index in [9.17, 15) is 9.59 Å². The van der Waals surface area contributed by atoms with Crippen LogP contribution in [0.4, 0.5) is 0 Å². The number of quaternary nitrogens is 1. The smallest absolute Gasteiger partial charge is 0.336 e. The molecule has 1 saturated heterocycles. The van der Waals surface area contributed by atoms with E-state index >= 15 is 0 Å². The maximum absolute atomic E-state index is 11.8. The fourth-order valence-electron chi connectivity index (χ4n) is 3.83. The highest BCUT2D eigenvalue weighted by Crippen LogP contribution is 2.29. The van der Waals surface area contributed by atoms with Crippen molar-refractivity contribution < 1.29 is 18.8 Å². The van der Waals surface area contributed by atoms with Gasteiger partial charge in [-0.2, -0.15) is 0 Å². The summed E-state index contributed by atoms with van der Waals surface area (Å²) in [4.78, 5) is 26.7. The lowest BCUT2D eigenvalue weighted by Crippen LogP contribution is -3.12. The van der Waals surface area contributed by atoms with Gasteiger partial charge in [0.2, 0.25) is 12.6 Å². The first kappa shape index (κ1) is 16.1. The molecule has 25 heavy (non-hydrogen) atoms. The lowest BCUT2D eigenvalue weighted by molar-refractivity contribution is -0.932. The Kier molecular flexibility index (Phi) is 4.21. The Morgan fingerprint density at radius 1 is 1.28 bits per heavy atom. The lowest BCUT2D eigenvalue weighted by Gasteiger charge is -2.27. The fourth-order valence-corrected chi connectivity index (χ4v) is 3.83. The highest BCUT2D eigenvalue weighted by molar-refractivity contribution is 5.84. The number of aryl methyl sites for hydroxylation is 1. The number of rotatable bonds is 4. The van der Waals surface area contributed by atoms with Crippen LogP contribution >= 0.6 is 0 Å². The summed E-state index contributed by atoms with van der Waals surface area (Å²) < 4.78 is 11.4. The Labute approximate surface area is 146 Å². The van der Waals surface area contributed by atoms with Crippen molar-refractivity contribution in [2.24, 2.45) is 0 Å². The summed E-state index contributed by atoms with van der Waals surface area (Å²) in [6, 6.07) is 5.44. The van der Waals surface area contributed by atoms with Crippen LogP contribution in [0.1, 0.15) is 30.4 Å². The maximum Gasteiger partial charge on any atom is 0.336 e. The number of amides is 1. The molecule has 0 bridgehead atoms. The molecule has 1 aromatic carbocycles. The molecule has 2 aliphatic heterocycles. The summed E-state index contributed by atoms with van der Waals surface area (Å²) in [5.74, 6) is 1.08. The standard InChI is InChI=1S/C19H22N2O4/c1-13-10-18(23)25-19-14(13)5-6-16-15(19)11-20(12-24-16)7-3-9-21-8-2-4-17(21)22/h5-6,10H,2-4,7-9,11-12H2,1H3/p+1. The van der Waals surface area contributed by atoms with Gasteiger partial charge in [-0.1, -0.05) is 0 Å². The molecule has 2 aromatic rings. The molecular weight excluding hydrogens is 320 g/mol. The number of nitrogens with zero attached hydrogens (tertiary/aromatic N) is 1. The topological polar surface area (TPSA) is 64.2 Å². The molecule has 0 radical (unpaired) electrons. The van der Waals surface area contributed by atoms with E-state index in [1.54, 1.807) is 0 Å². The quantitative estimate of drug-likeness (QED) is 0.836. The SMILES string of the molecule is Cc1cc(=O)oc2c3c(ccc12)OC[NH+](CCCN1CCCC1=O)C3. The van der Waals surface area contributed by atoms with E-state index in [0.29, 0.717) is 18.7 Å². The largest absolute Gasteiger partial charge is 0.445 e. The van der Waals surface area contributed by atoms with Crippen LogP contribution in [0.15, 0.2) is 27.4 Å². The number of fused-ring (bicyclic) bond motifs is 3. The first-order chi connectivity index (χ1) is 12.1. The normalized spacial score (nSPS) is 20.0. The minimum Gasteiger partial charge on any atom is -0.445 e. The Morgan fingerprint density at radius 2 is 2.16 bits per heavy atom. The third-order valence-corrected chi connectivity index (χ3v) is 5.17. The van der Waals surface area contributed by atoms with Crippen molar-refractivity contribution in [3.05, 3.63) is 39.7 Å². The number of nitrogens with one attached hydrogen (secondary N) is 1. The number of carbonyl (C=O) groups is 1. The van der Waals surface area contributed by atoms with Gasteiger partial charge in [0.25, 0.3) is 0 Å². The molecule has 1 atom stereocenters. The zero-order valence-corrected chi connectivity index (χ0v) is 14.5. The molecule has 1 amide bonds. The molecule has 1 N–H and O–H groups in total. The van der Waals surface area contributed by atoms with Crippen molar-refractivity contribution in [1.82, 2.24) is 4.90 Å². The molecule has 6 heteroatoms. The van der Waals surface area contributed by atoms with Crippen LogP contribution in [0.5, 0.6) is 5.75 Å². The minimum absolute atomic E-state index is 0.276. The summed E-state index contributed by atoms with van der Waals surface area (Å²) >= 11 is 0. The van der Waals surface area contributed by atoms with E-state index in [0.717, 1.165) is 61.3 Å². The third kappa shape index (κ3) is 3.14. The van der Waals surface area contributed by atoms with Crippen LogP contribution in [-0.2, 0) is 11.3 Å². The molecule has 0 spiro atoms. The summed E-state index contributed by atoms with van der Waals surface area (Å²) in [7, 11) is 0. The summed E-state index contributed by atoms with van der Waals surface area (Å²) in [5.41, 5.74) is 2.22. The van der Waals surface area contributed by atoms with Crippen molar-refractivity contribution in [3.63, 3.8) is 0 Å². The van der Waals surface area contributed by atoms with Gasteiger partial charge in [-0.05, 0) is 31.0 Å². The molecule has 1 unspecified atom stereocenters. The van der Waals surface area contributed by atoms with E-state index in [2.05, 4.69) is 0 Å². The van der Waals surface area contributed by atoms with E-state index in [1.807, 2.05) is 24.0 Å². The Hall–Kier alpha value is -2.34. The van der Waals surface area contributed by atoms with Gasteiger partial charge in [-0.15, -0.1) is 0 Å². The van der Waals surface area contributed by atoms with Gasteiger partial charge in [-0.25, -0.2) is 4.79 Å². The van der Waals surface area contributed by atoms with Crippen LogP contribution in [0, 0.1) is 6.92 Å². The lowest BCUT2D eigenvalue weighted by atomic mass is 10.0. The van der Waals surface area contributed by atoms with Gasteiger partial charge in [-0.3, -0.25) is 9.69 Å². The third-order valence-electron chi connectivity index (χ3n) is 5.17. The molecule has 4 rings (SSSR count). The number of benzene rings is 1. The van der Waals surface area contributed by atoms with E-state index in [4.69, 9.17) is 9.15 Å². The summed E-state index contributed by atoms with van der Waals surface area (Å²) in [6.07, 6.45) is 2.63. The molecule has 2 aliphatic rings. The van der Waals surface area contributed by atoms with Crippen molar-refractivity contribution in [2.75, 3.05) is 26.4 Å². The number of hydrogen-bond acceptors (Lipinski definition) is 4. The average molecular weight is 343 g/mol. The highest BCUT2D eigenvalue weighted by Gasteiger charge is 2.25. The summed E-state index contributed by atoms with van der Waals surface area (Å²) in [6.45, 7) is 5.93. The van der Waals surface area contributed by atoms with Gasteiger partial charge < -0.3 is 14.1 Å². The second kappa shape index (κ2) is 6.52. The van der Waals surface area contributed by atoms with Crippen LogP contribution in [0.2, 0.25) is 0 Å². The second-order valence-corrected chi connectivity index (χ2v) is 6.97. The first-order valence-corrected chi connectivity index (χ1v) is 8.92. The number of likely N-dealkylation sites (tertiary alicyclic amines) is 1. The Bertz CT molecular complexity index is 874. The second-order valence-electron chi connectivity index (χ2n) is 6.97. The number of ether oxygens (including phenoxy) is 1. The van der Waals surface area contributed by atoms with Crippen molar-refractivity contribution in [2.45, 2.75) is 32.7 Å². The Balaban J connectivity index is 1.49.